The van der Waals surface area contributed by atoms with Crippen LogP contribution in [0.1, 0.15) is 29.1 Å². The molecule has 9 heteroatoms. The second kappa shape index (κ2) is 6.52. The van der Waals surface area contributed by atoms with E-state index >= 15 is 0 Å². The predicted molar refractivity (Wildman–Crippen MR) is 86.4 cm³/mol. The SMILES string of the molecule is CC(NC(=O)c1ccc([N+](=O)[O-])o1)c1cc2c(cc1Br)OCCO2. The van der Waals surface area contributed by atoms with Crippen molar-refractivity contribution < 1.29 is 23.6 Å². The van der Waals surface area contributed by atoms with Crippen molar-refractivity contribution in [2.24, 2.45) is 0 Å². The molecule has 1 N–H and O–H groups in total. The Morgan fingerprint density at radius 3 is 2.58 bits per heavy atom. The fourth-order valence-electron chi connectivity index (χ4n) is 2.30. The smallest absolute Gasteiger partial charge is 0.433 e. The van der Waals surface area contributed by atoms with Gasteiger partial charge in [-0.2, -0.15) is 0 Å². The van der Waals surface area contributed by atoms with Crippen molar-refractivity contribution in [3.63, 3.8) is 0 Å². The molecule has 1 atom stereocenters. The van der Waals surface area contributed by atoms with E-state index in [1.807, 2.05) is 0 Å². The third-order valence-corrected chi connectivity index (χ3v) is 4.16. The number of nitrogens with one attached hydrogen (secondary N) is 1. The highest BCUT2D eigenvalue weighted by atomic mass is 79.9. The van der Waals surface area contributed by atoms with E-state index in [0.717, 1.165) is 16.1 Å². The normalized spacial score (nSPS) is 14.1. The average Bonchev–Trinajstić information content (AvgIpc) is 3.04. The van der Waals surface area contributed by atoms with Crippen molar-refractivity contribution in [1.82, 2.24) is 5.32 Å². The number of amides is 1. The zero-order valence-electron chi connectivity index (χ0n) is 12.6. The van der Waals surface area contributed by atoms with Gasteiger partial charge in [-0.05, 0) is 30.7 Å². The molecule has 0 saturated heterocycles. The van der Waals surface area contributed by atoms with Crippen LogP contribution >= 0.6 is 15.9 Å². The summed E-state index contributed by atoms with van der Waals surface area (Å²) in [6, 6.07) is 5.59. The topological polar surface area (TPSA) is 104 Å². The molecule has 0 spiro atoms. The van der Waals surface area contributed by atoms with E-state index in [1.54, 1.807) is 19.1 Å². The van der Waals surface area contributed by atoms with Crippen LogP contribution in [0.25, 0.3) is 0 Å². The molecule has 1 aromatic carbocycles. The van der Waals surface area contributed by atoms with Gasteiger partial charge < -0.3 is 19.2 Å². The number of carbonyl (C=O) groups excluding carboxylic acids is 1. The van der Waals surface area contributed by atoms with Crippen LogP contribution in [0.5, 0.6) is 11.5 Å². The molecule has 1 unspecified atom stereocenters. The first-order chi connectivity index (χ1) is 11.5. The Labute approximate surface area is 145 Å². The van der Waals surface area contributed by atoms with Crippen molar-refractivity contribution in [2.45, 2.75) is 13.0 Å². The number of fused-ring (bicyclic) bond motifs is 1. The number of carbonyl (C=O) groups is 1. The molecule has 3 rings (SSSR count). The van der Waals surface area contributed by atoms with Crippen molar-refractivity contribution in [3.05, 3.63) is 50.2 Å². The van der Waals surface area contributed by atoms with E-state index in [0.29, 0.717) is 24.7 Å². The minimum Gasteiger partial charge on any atom is -0.486 e. The van der Waals surface area contributed by atoms with Crippen LogP contribution in [0.15, 0.2) is 33.2 Å². The number of benzene rings is 1. The lowest BCUT2D eigenvalue weighted by atomic mass is 10.1. The number of hydrogen-bond donors (Lipinski definition) is 1. The van der Waals surface area contributed by atoms with Gasteiger partial charge in [0.1, 0.15) is 18.1 Å². The first-order valence-electron chi connectivity index (χ1n) is 7.10. The van der Waals surface area contributed by atoms with Crippen molar-refractivity contribution >= 4 is 27.7 Å². The second-order valence-corrected chi connectivity index (χ2v) is 5.96. The summed E-state index contributed by atoms with van der Waals surface area (Å²) in [5, 5.41) is 13.3. The maximum atomic E-state index is 12.2. The molecule has 1 amide bonds. The fourth-order valence-corrected chi connectivity index (χ4v) is 2.97. The Balaban J connectivity index is 1.77. The number of nitro groups is 1. The Kier molecular flexibility index (Phi) is 4.43. The maximum Gasteiger partial charge on any atom is 0.433 e. The Morgan fingerprint density at radius 2 is 1.96 bits per heavy atom. The van der Waals surface area contributed by atoms with E-state index in [4.69, 9.17) is 13.9 Å². The molecule has 0 aliphatic carbocycles. The Hall–Kier alpha value is -2.55. The summed E-state index contributed by atoms with van der Waals surface area (Å²) < 4.78 is 16.7. The summed E-state index contributed by atoms with van der Waals surface area (Å²) in [5.41, 5.74) is 0.786. The highest BCUT2D eigenvalue weighted by molar-refractivity contribution is 9.10. The van der Waals surface area contributed by atoms with Gasteiger partial charge in [0.25, 0.3) is 5.91 Å². The summed E-state index contributed by atoms with van der Waals surface area (Å²) in [7, 11) is 0. The molecular weight excluding hydrogens is 384 g/mol. The van der Waals surface area contributed by atoms with Crippen molar-refractivity contribution in [1.29, 1.82) is 0 Å². The quantitative estimate of drug-likeness (QED) is 0.628. The molecule has 0 bridgehead atoms. The van der Waals surface area contributed by atoms with Crippen LogP contribution in [0.3, 0.4) is 0 Å². The van der Waals surface area contributed by atoms with Gasteiger partial charge in [0.05, 0.1) is 12.1 Å². The second-order valence-electron chi connectivity index (χ2n) is 5.11. The van der Waals surface area contributed by atoms with Crippen molar-refractivity contribution in [2.75, 3.05) is 13.2 Å². The molecule has 0 fully saturated rings. The average molecular weight is 397 g/mol. The Bertz CT molecular complexity index is 803. The largest absolute Gasteiger partial charge is 0.486 e. The molecule has 24 heavy (non-hydrogen) atoms. The summed E-state index contributed by atoms with van der Waals surface area (Å²) in [4.78, 5) is 22.1. The maximum absolute atomic E-state index is 12.2. The lowest BCUT2D eigenvalue weighted by Gasteiger charge is -2.22. The number of ether oxygens (including phenoxy) is 2. The zero-order chi connectivity index (χ0) is 17.3. The molecule has 8 nitrogen and oxygen atoms in total. The van der Waals surface area contributed by atoms with Gasteiger partial charge in [-0.3, -0.25) is 14.9 Å². The molecule has 1 aromatic heterocycles. The number of hydrogen-bond acceptors (Lipinski definition) is 6. The molecule has 0 radical (unpaired) electrons. The molecule has 2 aromatic rings. The van der Waals surface area contributed by atoms with Crippen LogP contribution in [-0.2, 0) is 0 Å². The highest BCUT2D eigenvalue weighted by Crippen LogP contribution is 2.37. The monoisotopic (exact) mass is 396 g/mol. The molecule has 1 aliphatic heterocycles. The van der Waals surface area contributed by atoms with Gasteiger partial charge in [-0.15, -0.1) is 0 Å². The van der Waals surface area contributed by atoms with Gasteiger partial charge in [0.2, 0.25) is 0 Å². The van der Waals surface area contributed by atoms with E-state index < -0.39 is 16.7 Å². The van der Waals surface area contributed by atoms with Gasteiger partial charge in [0.15, 0.2) is 17.3 Å². The zero-order valence-corrected chi connectivity index (χ0v) is 14.2. The van der Waals surface area contributed by atoms with Crippen LogP contribution in [0.4, 0.5) is 5.88 Å². The van der Waals surface area contributed by atoms with Crippen LogP contribution < -0.4 is 14.8 Å². The Morgan fingerprint density at radius 1 is 1.29 bits per heavy atom. The number of rotatable bonds is 4. The first kappa shape index (κ1) is 16.3. The van der Waals surface area contributed by atoms with E-state index in [9.17, 15) is 14.9 Å². The highest BCUT2D eigenvalue weighted by Gasteiger charge is 2.22. The van der Waals surface area contributed by atoms with Crippen molar-refractivity contribution in [3.8, 4) is 11.5 Å². The molecule has 126 valence electrons. The number of halogens is 1. The lowest BCUT2D eigenvalue weighted by Crippen LogP contribution is -2.26. The van der Waals surface area contributed by atoms with Gasteiger partial charge in [-0.25, -0.2) is 0 Å². The van der Waals surface area contributed by atoms with Crippen LogP contribution in [0, 0.1) is 10.1 Å². The summed E-state index contributed by atoms with van der Waals surface area (Å²) in [6.07, 6.45) is 0. The third-order valence-electron chi connectivity index (χ3n) is 3.47. The van der Waals surface area contributed by atoms with Crippen LogP contribution in [-0.4, -0.2) is 24.0 Å². The van der Waals surface area contributed by atoms with Gasteiger partial charge in [-0.1, -0.05) is 15.9 Å². The molecular formula is C15H13BrN2O6. The van der Waals surface area contributed by atoms with E-state index in [2.05, 4.69) is 21.2 Å². The first-order valence-corrected chi connectivity index (χ1v) is 7.89. The predicted octanol–water partition coefficient (Wildman–Crippen LogP) is 3.21. The van der Waals surface area contributed by atoms with Gasteiger partial charge in [0, 0.05) is 4.47 Å². The molecule has 0 saturated carbocycles. The minimum atomic E-state index is -0.697. The van der Waals surface area contributed by atoms with Gasteiger partial charge >= 0.3 is 5.88 Å². The van der Waals surface area contributed by atoms with E-state index in [-0.39, 0.29) is 11.8 Å². The standard InChI is InChI=1S/C15H13BrN2O6/c1-8(17-15(19)11-2-3-14(24-11)18(20)21)9-6-12-13(7-10(9)16)23-5-4-22-12/h2-3,6-8H,4-5H2,1H3,(H,17,19). The molecule has 1 aliphatic rings. The summed E-state index contributed by atoms with van der Waals surface area (Å²) >= 11 is 3.45. The number of nitrogens with zero attached hydrogens (tertiary/aromatic N) is 1. The van der Waals surface area contributed by atoms with E-state index in [1.165, 1.54) is 6.07 Å². The lowest BCUT2D eigenvalue weighted by molar-refractivity contribution is -0.402. The number of furan rings is 1. The summed E-state index contributed by atoms with van der Waals surface area (Å²) in [6.45, 7) is 2.73. The summed E-state index contributed by atoms with van der Waals surface area (Å²) in [5.74, 6) is 0.0964. The molecule has 2 heterocycles. The minimum absolute atomic E-state index is 0.123. The van der Waals surface area contributed by atoms with Crippen LogP contribution in [0.2, 0.25) is 0 Å². The third kappa shape index (κ3) is 3.21. The fraction of sp³-hybridized carbons (Fsp3) is 0.267.